The third-order valence-corrected chi connectivity index (χ3v) is 5.65. The summed E-state index contributed by atoms with van der Waals surface area (Å²) >= 11 is 0. The highest BCUT2D eigenvalue weighted by Gasteiger charge is 2.35. The molecule has 0 aromatic heterocycles. The normalized spacial score (nSPS) is 13.1. The number of rotatable bonds is 20. The van der Waals surface area contributed by atoms with Gasteiger partial charge in [-0.25, -0.2) is 5.01 Å². The van der Waals surface area contributed by atoms with Crippen molar-refractivity contribution < 1.29 is 19.8 Å². The lowest BCUT2D eigenvalue weighted by Gasteiger charge is -2.34. The number of aliphatic carboxylic acids is 1. The molecule has 0 aliphatic rings. The molecular formula is C25H48N2O4. The Kier molecular flexibility index (Phi) is 17.4. The highest BCUT2D eigenvalue weighted by atomic mass is 16.4. The molecule has 0 saturated carbocycles. The molecule has 6 heteroatoms. The topological polar surface area (TPSA) is 89.9 Å². The summed E-state index contributed by atoms with van der Waals surface area (Å²) in [7, 11) is 0. The molecule has 0 aliphatic carbocycles. The molecule has 0 radical (unpaired) electrons. The number of unbranched alkanes of at least 4 members (excludes halogenated alkanes) is 8. The van der Waals surface area contributed by atoms with Crippen LogP contribution in [0, 0.1) is 0 Å². The molecule has 0 aromatic rings. The van der Waals surface area contributed by atoms with Crippen molar-refractivity contribution in [3.05, 3.63) is 12.2 Å². The minimum atomic E-state index is -1.12. The van der Waals surface area contributed by atoms with Gasteiger partial charge in [0.1, 0.15) is 5.54 Å². The average molecular weight is 441 g/mol. The summed E-state index contributed by atoms with van der Waals surface area (Å²) in [5.41, 5.74) is 1.66. The molecule has 31 heavy (non-hydrogen) atoms. The zero-order chi connectivity index (χ0) is 23.5. The standard InChI is InChI=1S/C25H48N2O4/c1-5-7-8-15-18-22(28)19-16-13-11-9-10-12-14-17-20-23(29)26-27(21-6-2)25(3,4)24(30)31/h13,16,22,28H,5-12,14-15,17-21H2,1-4H3,(H,26,29)(H,30,31)/t22-/m1/s1. The molecule has 0 unspecified atom stereocenters. The molecule has 0 fully saturated rings. The van der Waals surface area contributed by atoms with Crippen molar-refractivity contribution in [3.63, 3.8) is 0 Å². The van der Waals surface area contributed by atoms with Crippen molar-refractivity contribution >= 4 is 11.9 Å². The van der Waals surface area contributed by atoms with E-state index in [9.17, 15) is 19.8 Å². The number of aliphatic hydroxyl groups excluding tert-OH is 1. The molecule has 0 bridgehead atoms. The number of amides is 1. The van der Waals surface area contributed by atoms with Crippen molar-refractivity contribution in [3.8, 4) is 0 Å². The fourth-order valence-corrected chi connectivity index (χ4v) is 3.39. The average Bonchev–Trinajstić information content (AvgIpc) is 2.72. The number of aliphatic hydroxyl groups is 1. The van der Waals surface area contributed by atoms with Crippen molar-refractivity contribution in [1.29, 1.82) is 0 Å². The van der Waals surface area contributed by atoms with E-state index in [1.54, 1.807) is 13.8 Å². The Bertz CT molecular complexity index is 506. The number of carbonyl (C=O) groups is 2. The van der Waals surface area contributed by atoms with Gasteiger partial charge in [0.05, 0.1) is 6.10 Å². The molecule has 0 aliphatic heterocycles. The van der Waals surface area contributed by atoms with Crippen molar-refractivity contribution in [2.24, 2.45) is 0 Å². The summed E-state index contributed by atoms with van der Waals surface area (Å²) in [5.74, 6) is -1.06. The van der Waals surface area contributed by atoms with Crippen molar-refractivity contribution in [2.45, 2.75) is 129 Å². The van der Waals surface area contributed by atoms with Crippen LogP contribution in [0.1, 0.15) is 118 Å². The molecule has 0 saturated heterocycles. The molecule has 6 nitrogen and oxygen atoms in total. The quantitative estimate of drug-likeness (QED) is 0.130. The summed E-state index contributed by atoms with van der Waals surface area (Å²) in [5, 5.41) is 20.8. The van der Waals surface area contributed by atoms with E-state index in [0.717, 1.165) is 64.2 Å². The van der Waals surface area contributed by atoms with E-state index in [1.807, 2.05) is 6.92 Å². The van der Waals surface area contributed by atoms with Crippen LogP contribution in [-0.2, 0) is 9.59 Å². The lowest BCUT2D eigenvalue weighted by Crippen LogP contribution is -2.58. The van der Waals surface area contributed by atoms with E-state index in [-0.39, 0.29) is 12.0 Å². The highest BCUT2D eigenvalue weighted by molar-refractivity contribution is 5.79. The Morgan fingerprint density at radius 3 is 2.23 bits per heavy atom. The van der Waals surface area contributed by atoms with Gasteiger partial charge in [-0.15, -0.1) is 0 Å². The monoisotopic (exact) mass is 440 g/mol. The minimum absolute atomic E-state index is 0.112. The molecule has 182 valence electrons. The zero-order valence-corrected chi connectivity index (χ0v) is 20.5. The smallest absolute Gasteiger partial charge is 0.325 e. The first-order valence-electron chi connectivity index (χ1n) is 12.4. The van der Waals surface area contributed by atoms with Gasteiger partial charge < -0.3 is 10.2 Å². The first-order chi connectivity index (χ1) is 14.8. The van der Waals surface area contributed by atoms with Crippen LogP contribution in [0.25, 0.3) is 0 Å². The van der Waals surface area contributed by atoms with Crippen molar-refractivity contribution in [2.75, 3.05) is 6.54 Å². The van der Waals surface area contributed by atoms with Gasteiger partial charge >= 0.3 is 5.97 Å². The van der Waals surface area contributed by atoms with Gasteiger partial charge in [-0.05, 0) is 52.4 Å². The van der Waals surface area contributed by atoms with Crippen LogP contribution in [0.4, 0.5) is 0 Å². The third kappa shape index (κ3) is 15.1. The molecule has 0 rings (SSSR count). The number of hydrogen-bond acceptors (Lipinski definition) is 4. The van der Waals surface area contributed by atoms with E-state index < -0.39 is 11.5 Å². The Labute approximate surface area is 190 Å². The van der Waals surface area contributed by atoms with Gasteiger partial charge in [0.2, 0.25) is 5.91 Å². The first-order valence-corrected chi connectivity index (χ1v) is 12.4. The number of hydrazine groups is 1. The van der Waals surface area contributed by atoms with Gasteiger partial charge in [-0.1, -0.05) is 70.9 Å². The number of hydrogen-bond donors (Lipinski definition) is 3. The molecule has 1 atom stereocenters. The van der Waals surface area contributed by atoms with Crippen LogP contribution in [0.15, 0.2) is 12.2 Å². The Balaban J connectivity index is 3.79. The second-order valence-corrected chi connectivity index (χ2v) is 9.07. The molecule has 0 heterocycles. The Morgan fingerprint density at radius 2 is 1.58 bits per heavy atom. The number of carbonyl (C=O) groups excluding carboxylic acids is 1. The lowest BCUT2D eigenvalue weighted by molar-refractivity contribution is -0.153. The molecule has 3 N–H and O–H groups in total. The maximum atomic E-state index is 12.2. The Hall–Kier alpha value is -1.40. The van der Waals surface area contributed by atoms with E-state index in [2.05, 4.69) is 24.5 Å². The maximum Gasteiger partial charge on any atom is 0.325 e. The van der Waals surface area contributed by atoms with Gasteiger partial charge in [-0.2, -0.15) is 0 Å². The maximum absolute atomic E-state index is 12.2. The van der Waals surface area contributed by atoms with Crippen LogP contribution in [0.5, 0.6) is 0 Å². The Morgan fingerprint density at radius 1 is 0.935 bits per heavy atom. The summed E-state index contributed by atoms with van der Waals surface area (Å²) < 4.78 is 0. The fraction of sp³-hybridized carbons (Fsp3) is 0.840. The molecular weight excluding hydrogens is 392 g/mol. The second kappa shape index (κ2) is 18.2. The van der Waals surface area contributed by atoms with E-state index in [1.165, 1.54) is 24.3 Å². The largest absolute Gasteiger partial charge is 0.480 e. The van der Waals surface area contributed by atoms with Crippen LogP contribution < -0.4 is 5.43 Å². The van der Waals surface area contributed by atoms with E-state index >= 15 is 0 Å². The summed E-state index contributed by atoms with van der Waals surface area (Å²) in [6.45, 7) is 7.88. The van der Waals surface area contributed by atoms with Gasteiger partial charge in [0, 0.05) is 13.0 Å². The predicted molar refractivity (Wildman–Crippen MR) is 128 cm³/mol. The third-order valence-electron chi connectivity index (χ3n) is 5.65. The number of carboxylic acids is 1. The summed E-state index contributed by atoms with van der Waals surface area (Å²) in [4.78, 5) is 23.6. The van der Waals surface area contributed by atoms with Crippen LogP contribution >= 0.6 is 0 Å². The zero-order valence-electron chi connectivity index (χ0n) is 20.5. The number of allylic oxidation sites excluding steroid dienone is 1. The molecule has 0 aromatic carbocycles. The highest BCUT2D eigenvalue weighted by Crippen LogP contribution is 2.14. The minimum Gasteiger partial charge on any atom is -0.480 e. The first kappa shape index (κ1) is 29.6. The molecule has 0 spiro atoms. The molecule has 1 amide bonds. The number of nitrogens with zero attached hydrogens (tertiary/aromatic N) is 1. The fourth-order valence-electron chi connectivity index (χ4n) is 3.39. The van der Waals surface area contributed by atoms with Gasteiger partial charge in [0.25, 0.3) is 0 Å². The SMILES string of the molecule is CCCCCC[C@@H](O)CC=CCCCCCCCC(=O)NN(CCC)C(C)(C)C(=O)O. The van der Waals surface area contributed by atoms with Gasteiger partial charge in [-0.3, -0.25) is 15.0 Å². The van der Waals surface area contributed by atoms with E-state index in [0.29, 0.717) is 13.0 Å². The lowest BCUT2D eigenvalue weighted by atomic mass is 10.1. The second-order valence-electron chi connectivity index (χ2n) is 9.07. The van der Waals surface area contributed by atoms with Crippen LogP contribution in [-0.4, -0.2) is 45.3 Å². The van der Waals surface area contributed by atoms with Crippen molar-refractivity contribution in [1.82, 2.24) is 10.4 Å². The summed E-state index contributed by atoms with van der Waals surface area (Å²) in [6.07, 6.45) is 18.0. The summed E-state index contributed by atoms with van der Waals surface area (Å²) in [6, 6.07) is 0. The number of carboxylic acid groups (broad SMARTS) is 1. The predicted octanol–water partition coefficient (Wildman–Crippen LogP) is 5.60. The van der Waals surface area contributed by atoms with Gasteiger partial charge in [0.15, 0.2) is 0 Å². The van der Waals surface area contributed by atoms with Crippen LogP contribution in [0.2, 0.25) is 0 Å². The van der Waals surface area contributed by atoms with Crippen LogP contribution in [0.3, 0.4) is 0 Å². The number of nitrogens with one attached hydrogen (secondary N) is 1. The van der Waals surface area contributed by atoms with E-state index in [4.69, 9.17) is 0 Å².